The number of nitrogens with one attached hydrogen (secondary N) is 1. The van der Waals surface area contributed by atoms with Crippen molar-refractivity contribution in [3.05, 3.63) is 47.5 Å². The van der Waals surface area contributed by atoms with Crippen LogP contribution in [-0.4, -0.2) is 27.7 Å². The third-order valence-electron chi connectivity index (χ3n) is 3.60. The molecule has 0 bridgehead atoms. The van der Waals surface area contributed by atoms with Gasteiger partial charge in [0.2, 0.25) is 0 Å². The Morgan fingerprint density at radius 2 is 2.00 bits per heavy atom. The number of hydrogen-bond acceptors (Lipinski definition) is 5. The van der Waals surface area contributed by atoms with Gasteiger partial charge in [0.1, 0.15) is 0 Å². The summed E-state index contributed by atoms with van der Waals surface area (Å²) in [5, 5.41) is 14.1. The van der Waals surface area contributed by atoms with Crippen LogP contribution in [0.5, 0.6) is 0 Å². The summed E-state index contributed by atoms with van der Waals surface area (Å²) in [5.41, 5.74) is 11.9. The summed E-state index contributed by atoms with van der Waals surface area (Å²) in [6.45, 7) is 2.68. The van der Waals surface area contributed by atoms with Crippen molar-refractivity contribution in [3.63, 3.8) is 0 Å². The molecule has 0 atom stereocenters. The Hall–Kier alpha value is -2.73. The Balaban J connectivity index is 2.11. The maximum atomic E-state index is 5.91. The number of H-pyrrole nitrogens is 1. The normalized spacial score (nSPS) is 10.8. The second kappa shape index (κ2) is 5.95. The number of aromatic nitrogens is 4. The van der Waals surface area contributed by atoms with Gasteiger partial charge in [-0.1, -0.05) is 24.3 Å². The molecule has 3 aromatic rings. The number of methoxy groups -OCH3 is 1. The number of aryl methyl sites for hydroxylation is 1. The summed E-state index contributed by atoms with van der Waals surface area (Å²) < 4.78 is 5.20. The van der Waals surface area contributed by atoms with Crippen LogP contribution in [0.15, 0.2) is 36.4 Å². The van der Waals surface area contributed by atoms with E-state index in [9.17, 15) is 0 Å². The van der Waals surface area contributed by atoms with Gasteiger partial charge in [-0.25, -0.2) is 5.10 Å². The number of anilines is 1. The van der Waals surface area contributed by atoms with Gasteiger partial charge in [0.25, 0.3) is 0 Å². The Morgan fingerprint density at radius 1 is 1.14 bits per heavy atom. The molecule has 0 aliphatic heterocycles. The smallest absolute Gasteiger partial charge is 0.180 e. The quantitative estimate of drug-likeness (QED) is 0.722. The monoisotopic (exact) mass is 295 g/mol. The first-order chi connectivity index (χ1) is 10.7. The topological polar surface area (TPSA) is 89.7 Å². The first-order valence-corrected chi connectivity index (χ1v) is 6.91. The summed E-state index contributed by atoms with van der Waals surface area (Å²) in [6, 6.07) is 12.0. The van der Waals surface area contributed by atoms with Gasteiger partial charge in [-0.3, -0.25) is 0 Å². The van der Waals surface area contributed by atoms with Gasteiger partial charge in [0.05, 0.1) is 6.61 Å². The van der Waals surface area contributed by atoms with Crippen molar-refractivity contribution >= 4 is 5.69 Å². The van der Waals surface area contributed by atoms with Crippen molar-refractivity contribution in [3.8, 4) is 22.5 Å². The van der Waals surface area contributed by atoms with Gasteiger partial charge in [-0.05, 0) is 51.7 Å². The van der Waals surface area contributed by atoms with Crippen LogP contribution in [-0.2, 0) is 11.3 Å². The Bertz CT molecular complexity index is 783. The van der Waals surface area contributed by atoms with Crippen LogP contribution in [0.3, 0.4) is 0 Å². The standard InChI is InChI=1S/C16H17N5O/c1-10-7-11(3-4-12(10)9-22-2)14-6-5-13(17)8-15(14)16-18-20-21-19-16/h3-8H,9,17H2,1-2H3,(H,18,19,20,21). The van der Waals surface area contributed by atoms with Crippen LogP contribution in [0.1, 0.15) is 11.1 Å². The van der Waals surface area contributed by atoms with E-state index in [2.05, 4.69) is 45.7 Å². The Morgan fingerprint density at radius 3 is 2.68 bits per heavy atom. The molecule has 1 heterocycles. The van der Waals surface area contributed by atoms with Crippen molar-refractivity contribution in [2.45, 2.75) is 13.5 Å². The lowest BCUT2D eigenvalue weighted by atomic mass is 9.95. The fourth-order valence-corrected chi connectivity index (χ4v) is 2.46. The second-order valence-corrected chi connectivity index (χ2v) is 5.13. The lowest BCUT2D eigenvalue weighted by molar-refractivity contribution is 0.184. The fourth-order valence-electron chi connectivity index (χ4n) is 2.46. The van der Waals surface area contributed by atoms with Gasteiger partial charge in [0, 0.05) is 18.4 Å². The maximum absolute atomic E-state index is 5.91. The molecule has 0 fully saturated rings. The van der Waals surface area contributed by atoms with Crippen molar-refractivity contribution in [2.75, 3.05) is 12.8 Å². The maximum Gasteiger partial charge on any atom is 0.180 e. The van der Waals surface area contributed by atoms with Gasteiger partial charge in [-0.15, -0.1) is 5.10 Å². The number of aromatic amines is 1. The average Bonchev–Trinajstić information content (AvgIpc) is 3.04. The molecule has 6 heteroatoms. The molecule has 0 radical (unpaired) electrons. The van der Waals surface area contributed by atoms with E-state index in [-0.39, 0.29) is 0 Å². The lowest BCUT2D eigenvalue weighted by Gasteiger charge is -2.11. The van der Waals surface area contributed by atoms with Gasteiger partial charge in [0.15, 0.2) is 5.82 Å². The zero-order valence-electron chi connectivity index (χ0n) is 12.5. The zero-order valence-corrected chi connectivity index (χ0v) is 12.5. The number of tetrazole rings is 1. The summed E-state index contributed by atoms with van der Waals surface area (Å²) in [7, 11) is 1.70. The van der Waals surface area contributed by atoms with Crippen LogP contribution >= 0.6 is 0 Å². The SMILES string of the molecule is COCc1ccc(-c2ccc(N)cc2-c2nnn[nH]2)cc1C. The fraction of sp³-hybridized carbons (Fsp3) is 0.188. The molecular formula is C16H17N5O. The molecule has 0 saturated carbocycles. The van der Waals surface area contributed by atoms with Crippen LogP contribution in [0.25, 0.3) is 22.5 Å². The zero-order chi connectivity index (χ0) is 15.5. The third-order valence-corrected chi connectivity index (χ3v) is 3.60. The second-order valence-electron chi connectivity index (χ2n) is 5.13. The molecule has 0 unspecified atom stereocenters. The van der Waals surface area contributed by atoms with Crippen LogP contribution in [0.4, 0.5) is 5.69 Å². The van der Waals surface area contributed by atoms with E-state index >= 15 is 0 Å². The van der Waals surface area contributed by atoms with Crippen molar-refractivity contribution in [1.29, 1.82) is 0 Å². The predicted molar refractivity (Wildman–Crippen MR) is 84.9 cm³/mol. The predicted octanol–water partition coefficient (Wildman–Crippen LogP) is 2.57. The number of nitrogens with two attached hydrogens (primary N) is 1. The number of nitrogen functional groups attached to an aromatic ring is 1. The highest BCUT2D eigenvalue weighted by molar-refractivity contribution is 5.83. The lowest BCUT2D eigenvalue weighted by Crippen LogP contribution is -1.94. The highest BCUT2D eigenvalue weighted by Gasteiger charge is 2.12. The highest BCUT2D eigenvalue weighted by atomic mass is 16.5. The first-order valence-electron chi connectivity index (χ1n) is 6.91. The van der Waals surface area contributed by atoms with Crippen molar-refractivity contribution < 1.29 is 4.74 Å². The van der Waals surface area contributed by atoms with E-state index in [0.717, 1.165) is 16.7 Å². The molecule has 0 amide bonds. The molecule has 0 aliphatic rings. The Labute approximate surface area is 128 Å². The molecule has 0 aliphatic carbocycles. The summed E-state index contributed by atoms with van der Waals surface area (Å²) in [4.78, 5) is 0. The molecule has 0 saturated heterocycles. The van der Waals surface area contributed by atoms with Crippen LogP contribution in [0.2, 0.25) is 0 Å². The number of nitrogens with zero attached hydrogens (tertiary/aromatic N) is 3. The van der Waals surface area contributed by atoms with Crippen molar-refractivity contribution in [1.82, 2.24) is 20.6 Å². The number of benzene rings is 2. The van der Waals surface area contributed by atoms with E-state index in [1.54, 1.807) is 7.11 Å². The van der Waals surface area contributed by atoms with Gasteiger partial charge in [-0.2, -0.15) is 0 Å². The van der Waals surface area contributed by atoms with E-state index < -0.39 is 0 Å². The average molecular weight is 295 g/mol. The van der Waals surface area contributed by atoms with Crippen LogP contribution in [0, 0.1) is 6.92 Å². The van der Waals surface area contributed by atoms with Gasteiger partial charge < -0.3 is 10.5 Å². The van der Waals surface area contributed by atoms with E-state index in [1.807, 2.05) is 18.2 Å². The first kappa shape index (κ1) is 14.2. The number of rotatable bonds is 4. The minimum Gasteiger partial charge on any atom is -0.399 e. The molecule has 3 rings (SSSR count). The van der Waals surface area contributed by atoms with Gasteiger partial charge >= 0.3 is 0 Å². The summed E-state index contributed by atoms with van der Waals surface area (Å²) in [6.07, 6.45) is 0. The largest absolute Gasteiger partial charge is 0.399 e. The minimum absolute atomic E-state index is 0.598. The Kier molecular flexibility index (Phi) is 3.84. The van der Waals surface area contributed by atoms with E-state index in [4.69, 9.17) is 10.5 Å². The third kappa shape index (κ3) is 2.68. The molecule has 6 nitrogen and oxygen atoms in total. The molecule has 0 spiro atoms. The molecular weight excluding hydrogens is 278 g/mol. The molecule has 2 aromatic carbocycles. The minimum atomic E-state index is 0.598. The summed E-state index contributed by atoms with van der Waals surface area (Å²) >= 11 is 0. The number of ether oxygens (including phenoxy) is 1. The molecule has 22 heavy (non-hydrogen) atoms. The van der Waals surface area contributed by atoms with Crippen LogP contribution < -0.4 is 5.73 Å². The molecule has 112 valence electrons. The van der Waals surface area contributed by atoms with E-state index in [1.165, 1.54) is 11.1 Å². The molecule has 3 N–H and O–H groups in total. The van der Waals surface area contributed by atoms with E-state index in [0.29, 0.717) is 18.1 Å². The number of hydrogen-bond donors (Lipinski definition) is 2. The summed E-state index contributed by atoms with van der Waals surface area (Å²) in [5.74, 6) is 0.598. The van der Waals surface area contributed by atoms with Crippen molar-refractivity contribution in [2.24, 2.45) is 0 Å². The highest BCUT2D eigenvalue weighted by Crippen LogP contribution is 2.32. The molecule has 1 aromatic heterocycles.